The van der Waals surface area contributed by atoms with Crippen molar-refractivity contribution in [3.8, 4) is 0 Å². The van der Waals surface area contributed by atoms with Gasteiger partial charge in [-0.15, -0.1) is 0 Å². The Morgan fingerprint density at radius 1 is 1.36 bits per heavy atom. The highest BCUT2D eigenvalue weighted by molar-refractivity contribution is 5.95. The van der Waals surface area contributed by atoms with Gasteiger partial charge in [0, 0.05) is 12.1 Å². The first kappa shape index (κ1) is 14.9. The van der Waals surface area contributed by atoms with E-state index in [2.05, 4.69) is 10.2 Å². The fraction of sp³-hybridized carbons (Fsp3) is 0.625. The molecule has 2 aliphatic heterocycles. The highest BCUT2D eigenvalue weighted by atomic mass is 16.5. The largest absolute Gasteiger partial charge is 0.466 e. The lowest BCUT2D eigenvalue weighted by atomic mass is 9.72. The number of carbonyl (C=O) groups is 2. The SMILES string of the molecule is CCOC(=O)[C@@]1(CC)C[C@H]2CC[C@@H]1N2C(=O)c1ccnnc1. The minimum absolute atomic E-state index is 0.0537. The zero-order valence-corrected chi connectivity index (χ0v) is 13.0. The standard InChI is InChI=1S/C16H21N3O3/c1-3-16(15(21)22-4-2)9-12-5-6-13(16)19(12)14(20)11-7-8-17-18-10-11/h7-8,10,12-13H,3-6,9H2,1-2H3/t12-,13+,16+/m1/s1. The molecule has 2 fully saturated rings. The summed E-state index contributed by atoms with van der Waals surface area (Å²) in [6.07, 6.45) is 6.22. The number of carbonyl (C=O) groups excluding carboxylic acids is 2. The van der Waals surface area contributed by atoms with Crippen molar-refractivity contribution in [2.45, 2.75) is 51.6 Å². The van der Waals surface area contributed by atoms with E-state index in [1.807, 2.05) is 18.7 Å². The van der Waals surface area contributed by atoms with Crippen LogP contribution in [0.2, 0.25) is 0 Å². The van der Waals surface area contributed by atoms with Gasteiger partial charge in [0.05, 0.1) is 30.0 Å². The molecule has 6 heteroatoms. The van der Waals surface area contributed by atoms with Crippen molar-refractivity contribution in [1.82, 2.24) is 15.1 Å². The molecule has 0 saturated carbocycles. The number of amides is 1. The van der Waals surface area contributed by atoms with Crippen LogP contribution >= 0.6 is 0 Å². The van der Waals surface area contributed by atoms with Gasteiger partial charge in [-0.3, -0.25) is 9.59 Å². The molecule has 1 aromatic heterocycles. The third-order valence-electron chi connectivity index (χ3n) is 5.12. The Labute approximate surface area is 129 Å². The van der Waals surface area contributed by atoms with Crippen LogP contribution in [0.5, 0.6) is 0 Å². The summed E-state index contributed by atoms with van der Waals surface area (Å²) in [6, 6.07) is 1.72. The van der Waals surface area contributed by atoms with Crippen molar-refractivity contribution in [3.05, 3.63) is 24.0 Å². The summed E-state index contributed by atoms with van der Waals surface area (Å²) in [4.78, 5) is 27.2. The molecule has 0 spiro atoms. The molecule has 0 unspecified atom stereocenters. The van der Waals surface area contributed by atoms with Crippen molar-refractivity contribution in [1.29, 1.82) is 0 Å². The molecule has 0 aromatic carbocycles. The first-order valence-corrected chi connectivity index (χ1v) is 7.90. The zero-order valence-electron chi connectivity index (χ0n) is 13.0. The maximum Gasteiger partial charge on any atom is 0.314 e. The molecule has 0 aliphatic carbocycles. The predicted molar refractivity (Wildman–Crippen MR) is 79.0 cm³/mol. The van der Waals surface area contributed by atoms with E-state index in [-0.39, 0.29) is 24.0 Å². The Morgan fingerprint density at radius 3 is 2.82 bits per heavy atom. The number of hydrogen-bond donors (Lipinski definition) is 0. The molecule has 1 aromatic rings. The maximum atomic E-state index is 12.8. The van der Waals surface area contributed by atoms with Crippen molar-refractivity contribution >= 4 is 11.9 Å². The van der Waals surface area contributed by atoms with Gasteiger partial charge in [0.25, 0.3) is 5.91 Å². The van der Waals surface area contributed by atoms with Crippen molar-refractivity contribution in [2.75, 3.05) is 6.61 Å². The molecule has 3 rings (SSSR count). The van der Waals surface area contributed by atoms with E-state index in [1.165, 1.54) is 12.4 Å². The highest BCUT2D eigenvalue weighted by Crippen LogP contribution is 2.52. The number of esters is 1. The number of aromatic nitrogens is 2. The van der Waals surface area contributed by atoms with Crippen molar-refractivity contribution in [2.24, 2.45) is 5.41 Å². The van der Waals surface area contributed by atoms with Crippen LogP contribution in [0.25, 0.3) is 0 Å². The molecular formula is C16H21N3O3. The van der Waals surface area contributed by atoms with Crippen LogP contribution in [0.15, 0.2) is 18.5 Å². The quantitative estimate of drug-likeness (QED) is 0.793. The van der Waals surface area contributed by atoms with Gasteiger partial charge < -0.3 is 9.64 Å². The Hall–Kier alpha value is -1.98. The van der Waals surface area contributed by atoms with E-state index in [9.17, 15) is 9.59 Å². The van der Waals surface area contributed by atoms with Gasteiger partial charge in [-0.2, -0.15) is 10.2 Å². The number of hydrogen-bond acceptors (Lipinski definition) is 5. The molecule has 2 bridgehead atoms. The van der Waals surface area contributed by atoms with Gasteiger partial charge >= 0.3 is 5.97 Å². The minimum Gasteiger partial charge on any atom is -0.466 e. The van der Waals surface area contributed by atoms with Gasteiger partial charge in [0.15, 0.2) is 0 Å². The molecule has 1 amide bonds. The van der Waals surface area contributed by atoms with Crippen molar-refractivity contribution in [3.63, 3.8) is 0 Å². The number of rotatable bonds is 4. The highest BCUT2D eigenvalue weighted by Gasteiger charge is 2.61. The zero-order chi connectivity index (χ0) is 15.7. The number of fused-ring (bicyclic) bond motifs is 2. The van der Waals surface area contributed by atoms with E-state index < -0.39 is 5.41 Å². The lowest BCUT2D eigenvalue weighted by Gasteiger charge is -2.34. The fourth-order valence-electron chi connectivity index (χ4n) is 4.07. The monoisotopic (exact) mass is 303 g/mol. The lowest BCUT2D eigenvalue weighted by molar-refractivity contribution is -0.157. The van der Waals surface area contributed by atoms with Gasteiger partial charge in [0.2, 0.25) is 0 Å². The van der Waals surface area contributed by atoms with Crippen LogP contribution in [0.4, 0.5) is 0 Å². The van der Waals surface area contributed by atoms with Gasteiger partial charge in [-0.05, 0) is 38.7 Å². The van der Waals surface area contributed by atoms with E-state index in [4.69, 9.17) is 4.74 Å². The first-order chi connectivity index (χ1) is 10.6. The van der Waals surface area contributed by atoms with Crippen LogP contribution in [-0.4, -0.2) is 45.7 Å². The normalized spacial score (nSPS) is 29.6. The second-order valence-electron chi connectivity index (χ2n) is 6.02. The van der Waals surface area contributed by atoms with Gasteiger partial charge in [-0.1, -0.05) is 6.92 Å². The molecule has 118 valence electrons. The van der Waals surface area contributed by atoms with Crippen LogP contribution in [-0.2, 0) is 9.53 Å². The third kappa shape index (κ3) is 2.09. The molecule has 22 heavy (non-hydrogen) atoms. The van der Waals surface area contributed by atoms with Crippen molar-refractivity contribution < 1.29 is 14.3 Å². The Bertz CT molecular complexity index is 577. The lowest BCUT2D eigenvalue weighted by Crippen LogP contribution is -2.45. The van der Waals surface area contributed by atoms with E-state index in [1.54, 1.807) is 6.07 Å². The Kier molecular flexibility index (Phi) is 3.85. The molecular weight excluding hydrogens is 282 g/mol. The second-order valence-corrected chi connectivity index (χ2v) is 6.02. The van der Waals surface area contributed by atoms with E-state index in [0.29, 0.717) is 25.0 Å². The van der Waals surface area contributed by atoms with Crippen LogP contribution in [0, 0.1) is 5.41 Å². The van der Waals surface area contributed by atoms with Gasteiger partial charge in [0.1, 0.15) is 0 Å². The van der Waals surface area contributed by atoms with Crippen LogP contribution in [0.1, 0.15) is 49.9 Å². The molecule has 2 aliphatic rings. The molecule has 3 atom stereocenters. The maximum absolute atomic E-state index is 12.8. The second kappa shape index (κ2) is 5.66. The number of ether oxygens (including phenoxy) is 1. The average Bonchev–Trinajstić information content (AvgIpc) is 3.11. The smallest absolute Gasteiger partial charge is 0.314 e. The predicted octanol–water partition coefficient (Wildman–Crippen LogP) is 1.81. The summed E-state index contributed by atoms with van der Waals surface area (Å²) in [5, 5.41) is 7.49. The average molecular weight is 303 g/mol. The van der Waals surface area contributed by atoms with Gasteiger partial charge in [-0.25, -0.2) is 0 Å². The summed E-state index contributed by atoms with van der Waals surface area (Å²) < 4.78 is 5.31. The van der Waals surface area contributed by atoms with E-state index >= 15 is 0 Å². The van der Waals surface area contributed by atoms with Crippen LogP contribution in [0.3, 0.4) is 0 Å². The first-order valence-electron chi connectivity index (χ1n) is 7.90. The molecule has 2 saturated heterocycles. The topological polar surface area (TPSA) is 72.4 Å². The van der Waals surface area contributed by atoms with E-state index in [0.717, 1.165) is 12.8 Å². The molecule has 6 nitrogen and oxygen atoms in total. The fourth-order valence-corrected chi connectivity index (χ4v) is 4.07. The van der Waals surface area contributed by atoms with Crippen LogP contribution < -0.4 is 0 Å². The molecule has 0 radical (unpaired) electrons. The minimum atomic E-state index is -0.547. The molecule has 3 heterocycles. The molecule has 0 N–H and O–H groups in total. The Balaban J connectivity index is 1.90. The summed E-state index contributed by atoms with van der Waals surface area (Å²) in [5.41, 5.74) is -0.0163. The summed E-state index contributed by atoms with van der Waals surface area (Å²) in [6.45, 7) is 4.20. The Morgan fingerprint density at radius 2 is 2.18 bits per heavy atom. The summed E-state index contributed by atoms with van der Waals surface area (Å²) >= 11 is 0. The summed E-state index contributed by atoms with van der Waals surface area (Å²) in [5.74, 6) is -0.211. The summed E-state index contributed by atoms with van der Waals surface area (Å²) in [7, 11) is 0. The third-order valence-corrected chi connectivity index (χ3v) is 5.12. The number of nitrogens with zero attached hydrogens (tertiary/aromatic N) is 3.